The highest BCUT2D eigenvalue weighted by atomic mass is 35.5. The Bertz CT molecular complexity index is 1420. The predicted molar refractivity (Wildman–Crippen MR) is 154 cm³/mol. The van der Waals surface area contributed by atoms with E-state index in [1.165, 1.54) is 12.0 Å². The molecule has 1 amide bonds. The summed E-state index contributed by atoms with van der Waals surface area (Å²) in [5, 5.41) is 13.6. The summed E-state index contributed by atoms with van der Waals surface area (Å²) in [6.07, 6.45) is 8.65. The number of aromatic nitrogens is 2. The molecule has 0 bridgehead atoms. The van der Waals surface area contributed by atoms with E-state index in [2.05, 4.69) is 46.1 Å². The third-order valence-electron chi connectivity index (χ3n) is 6.92. The predicted octanol–water partition coefficient (Wildman–Crippen LogP) is 5.77. The number of pyridine rings is 2. The normalized spacial score (nSPS) is 13.4. The van der Waals surface area contributed by atoms with Gasteiger partial charge in [0, 0.05) is 61.2 Å². The lowest BCUT2D eigenvalue weighted by Crippen LogP contribution is -2.29. The van der Waals surface area contributed by atoms with E-state index in [9.17, 15) is 4.79 Å². The minimum Gasteiger partial charge on any atom is -0.489 e. The van der Waals surface area contributed by atoms with Crippen molar-refractivity contribution in [3.63, 3.8) is 0 Å². The van der Waals surface area contributed by atoms with Crippen LogP contribution in [0, 0.1) is 6.92 Å². The van der Waals surface area contributed by atoms with E-state index in [0.29, 0.717) is 43.7 Å². The molecule has 2 aromatic heterocycles. The summed E-state index contributed by atoms with van der Waals surface area (Å²) in [7, 11) is 0. The summed E-state index contributed by atoms with van der Waals surface area (Å²) in [5.74, 6) is 1.64. The van der Waals surface area contributed by atoms with Gasteiger partial charge in [-0.05, 0) is 68.0 Å². The molecule has 1 fully saturated rings. The second kappa shape index (κ2) is 12.4. The Morgan fingerprint density at radius 1 is 1.05 bits per heavy atom. The fourth-order valence-corrected chi connectivity index (χ4v) is 4.80. The van der Waals surface area contributed by atoms with E-state index in [4.69, 9.17) is 21.3 Å². The van der Waals surface area contributed by atoms with Gasteiger partial charge in [-0.3, -0.25) is 9.78 Å². The highest BCUT2D eigenvalue weighted by Crippen LogP contribution is 2.31. The largest absolute Gasteiger partial charge is 0.489 e. The Balaban J connectivity index is 1.01. The van der Waals surface area contributed by atoms with Crippen LogP contribution in [-0.4, -0.2) is 41.6 Å². The number of nitrogens with one attached hydrogen (secondary N) is 3. The Hall–Kier alpha value is -3.42. The number of carbonyl (C=O) groups excluding carboxylic acids is 1. The number of nitrogens with zero attached hydrogens (tertiary/aromatic N) is 2. The van der Waals surface area contributed by atoms with Crippen LogP contribution in [0.15, 0.2) is 54.9 Å². The zero-order chi connectivity index (χ0) is 26.3. The number of halogens is 1. The SMILES string of the molecule is Cc1ccc2c(c1)nc(NCCCNC(=O)CCNCc1ccc(OC3CCC3)c(Cl)c1)c1ccncc12. The second-order valence-corrected chi connectivity index (χ2v) is 10.3. The van der Waals surface area contributed by atoms with Gasteiger partial charge in [0.05, 0.1) is 16.6 Å². The van der Waals surface area contributed by atoms with E-state index in [1.54, 1.807) is 6.20 Å². The van der Waals surface area contributed by atoms with Crippen molar-refractivity contribution in [2.75, 3.05) is 25.0 Å². The maximum absolute atomic E-state index is 12.2. The molecule has 2 aromatic carbocycles. The number of fused-ring (bicyclic) bond motifs is 3. The number of aryl methyl sites for hydroxylation is 1. The molecule has 1 saturated carbocycles. The average molecular weight is 532 g/mol. The number of anilines is 1. The van der Waals surface area contributed by atoms with Crippen LogP contribution in [0.4, 0.5) is 5.82 Å². The molecule has 8 heteroatoms. The third-order valence-corrected chi connectivity index (χ3v) is 7.22. The zero-order valence-corrected chi connectivity index (χ0v) is 22.5. The Kier molecular flexibility index (Phi) is 8.56. The number of rotatable bonds is 12. The summed E-state index contributed by atoms with van der Waals surface area (Å²) in [5.41, 5.74) is 3.20. The number of hydrogen-bond donors (Lipinski definition) is 3. The molecular weight excluding hydrogens is 498 g/mol. The van der Waals surface area contributed by atoms with Crippen molar-refractivity contribution in [3.05, 3.63) is 71.0 Å². The molecule has 5 rings (SSSR count). The van der Waals surface area contributed by atoms with Gasteiger partial charge in [-0.2, -0.15) is 0 Å². The first kappa shape index (κ1) is 26.2. The summed E-state index contributed by atoms with van der Waals surface area (Å²) in [4.78, 5) is 21.4. The molecule has 0 aliphatic heterocycles. The van der Waals surface area contributed by atoms with Crippen LogP contribution >= 0.6 is 11.6 Å². The van der Waals surface area contributed by atoms with Crippen molar-refractivity contribution in [2.24, 2.45) is 0 Å². The van der Waals surface area contributed by atoms with Gasteiger partial charge in [0.25, 0.3) is 0 Å². The molecule has 1 aliphatic carbocycles. The number of carbonyl (C=O) groups is 1. The first-order chi connectivity index (χ1) is 18.6. The zero-order valence-electron chi connectivity index (χ0n) is 21.7. The highest BCUT2D eigenvalue weighted by molar-refractivity contribution is 6.32. The van der Waals surface area contributed by atoms with Crippen LogP contribution in [0.5, 0.6) is 5.75 Å². The van der Waals surface area contributed by atoms with Gasteiger partial charge in [-0.15, -0.1) is 0 Å². The summed E-state index contributed by atoms with van der Waals surface area (Å²) in [6.45, 7) is 4.64. The van der Waals surface area contributed by atoms with Crippen molar-refractivity contribution >= 4 is 45.0 Å². The summed E-state index contributed by atoms with van der Waals surface area (Å²) < 4.78 is 5.90. The number of hydrogen-bond acceptors (Lipinski definition) is 6. The maximum Gasteiger partial charge on any atom is 0.221 e. The Morgan fingerprint density at radius 3 is 2.76 bits per heavy atom. The van der Waals surface area contributed by atoms with Gasteiger partial charge < -0.3 is 20.7 Å². The van der Waals surface area contributed by atoms with Gasteiger partial charge >= 0.3 is 0 Å². The quantitative estimate of drug-likeness (QED) is 0.159. The Labute approximate surface area is 228 Å². The smallest absolute Gasteiger partial charge is 0.221 e. The minimum absolute atomic E-state index is 0.0376. The molecule has 198 valence electrons. The Morgan fingerprint density at radius 2 is 1.95 bits per heavy atom. The van der Waals surface area contributed by atoms with Crippen molar-refractivity contribution in [1.82, 2.24) is 20.6 Å². The number of amides is 1. The first-order valence-electron chi connectivity index (χ1n) is 13.4. The molecule has 0 atom stereocenters. The molecule has 2 heterocycles. The van der Waals surface area contributed by atoms with E-state index < -0.39 is 0 Å². The number of benzene rings is 2. The van der Waals surface area contributed by atoms with E-state index in [0.717, 1.165) is 58.1 Å². The minimum atomic E-state index is 0.0376. The van der Waals surface area contributed by atoms with E-state index in [-0.39, 0.29) is 5.91 Å². The highest BCUT2D eigenvalue weighted by Gasteiger charge is 2.20. The average Bonchev–Trinajstić information content (AvgIpc) is 2.89. The first-order valence-corrected chi connectivity index (χ1v) is 13.7. The molecule has 4 aromatic rings. The van der Waals surface area contributed by atoms with Crippen molar-refractivity contribution in [1.29, 1.82) is 0 Å². The van der Waals surface area contributed by atoms with Crippen molar-refractivity contribution in [2.45, 2.75) is 51.7 Å². The van der Waals surface area contributed by atoms with E-state index >= 15 is 0 Å². The monoisotopic (exact) mass is 531 g/mol. The second-order valence-electron chi connectivity index (χ2n) is 9.89. The molecular formula is C30H34ClN5O2. The maximum atomic E-state index is 12.2. The molecule has 0 radical (unpaired) electrons. The molecule has 0 spiro atoms. The van der Waals surface area contributed by atoms with Crippen LogP contribution in [0.25, 0.3) is 21.7 Å². The molecule has 7 nitrogen and oxygen atoms in total. The van der Waals surface area contributed by atoms with Gasteiger partial charge in [0.2, 0.25) is 5.91 Å². The van der Waals surface area contributed by atoms with Crippen LogP contribution in [0.2, 0.25) is 5.02 Å². The van der Waals surface area contributed by atoms with Crippen molar-refractivity contribution < 1.29 is 9.53 Å². The summed E-state index contributed by atoms with van der Waals surface area (Å²) in [6, 6.07) is 14.2. The molecule has 0 unspecified atom stereocenters. The topological polar surface area (TPSA) is 88.2 Å². The standard InChI is InChI=1S/C30H34ClN5O2/c1-20-6-8-23-25-19-33-14-10-24(25)30(36-27(23)16-20)35-13-3-12-34-29(37)11-15-32-18-21-7-9-28(26(31)17-21)38-22-4-2-5-22/h6-10,14,16-17,19,22,32H,2-5,11-13,15,18H2,1H3,(H,34,37)(H,35,36). The van der Waals surface area contributed by atoms with Crippen LogP contribution < -0.4 is 20.7 Å². The molecule has 1 aliphatic rings. The lowest BCUT2D eigenvalue weighted by atomic mass is 9.96. The van der Waals surface area contributed by atoms with Crippen LogP contribution in [0.1, 0.15) is 43.2 Å². The van der Waals surface area contributed by atoms with Gasteiger partial charge in [0.15, 0.2) is 0 Å². The fourth-order valence-electron chi connectivity index (χ4n) is 4.56. The number of ether oxygens (including phenoxy) is 1. The van der Waals surface area contributed by atoms with Gasteiger partial charge in [0.1, 0.15) is 11.6 Å². The molecule has 38 heavy (non-hydrogen) atoms. The third kappa shape index (κ3) is 6.52. The van der Waals surface area contributed by atoms with Gasteiger partial charge in [-0.25, -0.2) is 4.98 Å². The fraction of sp³-hybridized carbons (Fsp3) is 0.367. The molecule has 3 N–H and O–H groups in total. The van der Waals surface area contributed by atoms with Gasteiger partial charge in [-0.1, -0.05) is 29.8 Å². The van der Waals surface area contributed by atoms with Crippen LogP contribution in [-0.2, 0) is 11.3 Å². The lowest BCUT2D eigenvalue weighted by Gasteiger charge is -2.26. The van der Waals surface area contributed by atoms with Crippen LogP contribution in [0.3, 0.4) is 0 Å². The molecule has 0 saturated heterocycles. The van der Waals surface area contributed by atoms with E-state index in [1.807, 2.05) is 30.5 Å². The van der Waals surface area contributed by atoms with Crippen molar-refractivity contribution in [3.8, 4) is 5.75 Å². The lowest BCUT2D eigenvalue weighted by molar-refractivity contribution is -0.120. The summed E-state index contributed by atoms with van der Waals surface area (Å²) >= 11 is 6.37.